The number of rotatable bonds is 8. The normalized spacial score (nSPS) is 18.6. The lowest BCUT2D eigenvalue weighted by molar-refractivity contribution is -0.125. The third-order valence-corrected chi connectivity index (χ3v) is 7.64. The average Bonchev–Trinajstić information content (AvgIpc) is 3.54. The number of nitrogens with zero attached hydrogens (tertiary/aromatic N) is 1. The van der Waals surface area contributed by atoms with Gasteiger partial charge in [-0.15, -0.1) is 11.8 Å². The number of aromatic nitrogens is 1. The molecule has 2 atom stereocenters. The molecule has 0 saturated carbocycles. The van der Waals surface area contributed by atoms with E-state index >= 15 is 0 Å². The molecule has 3 aromatic rings. The lowest BCUT2D eigenvalue weighted by Crippen LogP contribution is -2.46. The fourth-order valence-electron chi connectivity index (χ4n) is 4.58. The van der Waals surface area contributed by atoms with Crippen LogP contribution in [0.1, 0.15) is 33.3 Å². The molecular weight excluding hydrogens is 452 g/mol. The number of carbonyl (C=O) groups excluding carboxylic acids is 3. The number of fused-ring (bicyclic) bond motifs is 4. The molecule has 0 spiro atoms. The number of methoxy groups -OCH3 is 1. The minimum absolute atomic E-state index is 0.0987. The van der Waals surface area contributed by atoms with Gasteiger partial charge < -0.3 is 25.3 Å². The molecule has 2 aliphatic heterocycles. The van der Waals surface area contributed by atoms with E-state index in [-0.39, 0.29) is 36.1 Å². The summed E-state index contributed by atoms with van der Waals surface area (Å²) in [4.78, 5) is 42.7. The summed E-state index contributed by atoms with van der Waals surface area (Å²) in [6, 6.07) is 12.8. The predicted molar refractivity (Wildman–Crippen MR) is 131 cm³/mol. The number of amides is 3. The van der Waals surface area contributed by atoms with Crippen LogP contribution in [0.5, 0.6) is 5.75 Å². The zero-order chi connectivity index (χ0) is 23.7. The molecule has 0 radical (unpaired) electrons. The number of aromatic amines is 1. The Morgan fingerprint density at radius 2 is 2.03 bits per heavy atom. The zero-order valence-corrected chi connectivity index (χ0v) is 19.6. The minimum Gasteiger partial charge on any atom is -0.497 e. The summed E-state index contributed by atoms with van der Waals surface area (Å²) in [5.74, 6) is 0.911. The molecule has 2 aliphatic rings. The van der Waals surface area contributed by atoms with Crippen LogP contribution in [-0.2, 0) is 16.0 Å². The van der Waals surface area contributed by atoms with E-state index in [1.165, 1.54) is 0 Å². The maximum atomic E-state index is 12.8. The van der Waals surface area contributed by atoms with E-state index in [1.807, 2.05) is 48.7 Å². The van der Waals surface area contributed by atoms with Crippen molar-refractivity contribution in [3.05, 3.63) is 65.4 Å². The van der Waals surface area contributed by atoms with Gasteiger partial charge in [0, 0.05) is 47.9 Å². The van der Waals surface area contributed by atoms with Gasteiger partial charge in [-0.1, -0.05) is 18.2 Å². The molecular formula is C25H26N4O4S. The van der Waals surface area contributed by atoms with Crippen LogP contribution in [0.15, 0.2) is 48.7 Å². The Hall–Kier alpha value is -3.46. The summed E-state index contributed by atoms with van der Waals surface area (Å²) >= 11 is 1.60. The van der Waals surface area contributed by atoms with E-state index in [1.54, 1.807) is 23.8 Å². The molecule has 5 rings (SSSR count). The van der Waals surface area contributed by atoms with Gasteiger partial charge in [-0.05, 0) is 41.8 Å². The van der Waals surface area contributed by atoms with E-state index in [4.69, 9.17) is 4.74 Å². The smallest absolute Gasteiger partial charge is 0.256 e. The number of H-pyrrole nitrogens is 1. The van der Waals surface area contributed by atoms with E-state index in [0.29, 0.717) is 24.3 Å². The van der Waals surface area contributed by atoms with Gasteiger partial charge in [-0.3, -0.25) is 14.4 Å². The van der Waals surface area contributed by atoms with E-state index in [9.17, 15) is 14.4 Å². The van der Waals surface area contributed by atoms with E-state index in [2.05, 4.69) is 15.6 Å². The van der Waals surface area contributed by atoms with Gasteiger partial charge in [-0.2, -0.15) is 0 Å². The number of hydrogen-bond donors (Lipinski definition) is 3. The Balaban J connectivity index is 1.07. The molecule has 1 aromatic heterocycles. The highest BCUT2D eigenvalue weighted by Crippen LogP contribution is 2.48. The quantitative estimate of drug-likeness (QED) is 0.462. The highest BCUT2D eigenvalue weighted by Gasteiger charge is 2.48. The summed E-state index contributed by atoms with van der Waals surface area (Å²) in [7, 11) is 1.64. The number of benzene rings is 2. The second kappa shape index (κ2) is 9.42. The summed E-state index contributed by atoms with van der Waals surface area (Å²) in [6.45, 7) is 0.730. The molecule has 3 amide bonds. The SMILES string of the molecule is COc1ccc2[nH]cc(CCNC(=O)CCNC(=O)[C@@H]3CS[C@@H]4c5ccccc5C(=O)N43)c2c1. The van der Waals surface area contributed by atoms with Gasteiger partial charge in [-0.25, -0.2) is 0 Å². The van der Waals surface area contributed by atoms with Crippen LogP contribution in [0.3, 0.4) is 0 Å². The first kappa shape index (κ1) is 22.3. The highest BCUT2D eigenvalue weighted by atomic mass is 32.2. The molecule has 1 saturated heterocycles. The first-order chi connectivity index (χ1) is 16.6. The standard InChI is InChI=1S/C25H26N4O4S/c1-33-16-6-7-20-19(12-16)15(13-28-20)8-10-26-22(30)9-11-27-23(31)21-14-34-25-18-5-3-2-4-17(18)24(32)29(21)25/h2-7,12-13,21,25,28H,8-11,14H2,1H3,(H,26,30)(H,27,31)/t21-,25+/m0/s1. The third-order valence-electron chi connectivity index (χ3n) is 6.34. The lowest BCUT2D eigenvalue weighted by atomic mass is 10.1. The zero-order valence-electron chi connectivity index (χ0n) is 18.8. The van der Waals surface area contributed by atoms with E-state index < -0.39 is 6.04 Å². The van der Waals surface area contributed by atoms with Crippen molar-refractivity contribution >= 4 is 40.4 Å². The van der Waals surface area contributed by atoms with Crippen molar-refractivity contribution in [1.29, 1.82) is 0 Å². The van der Waals surface area contributed by atoms with Gasteiger partial charge in [0.1, 0.15) is 17.2 Å². The predicted octanol–water partition coefficient (Wildman–Crippen LogP) is 2.61. The van der Waals surface area contributed by atoms with Gasteiger partial charge in [0.25, 0.3) is 5.91 Å². The highest BCUT2D eigenvalue weighted by molar-refractivity contribution is 7.99. The fourth-order valence-corrected chi connectivity index (χ4v) is 6.04. The fraction of sp³-hybridized carbons (Fsp3) is 0.320. The maximum absolute atomic E-state index is 12.8. The first-order valence-electron chi connectivity index (χ1n) is 11.3. The molecule has 0 aliphatic carbocycles. The molecule has 1 fully saturated rings. The van der Waals surface area contributed by atoms with Crippen LogP contribution in [0.2, 0.25) is 0 Å². The largest absolute Gasteiger partial charge is 0.497 e. The Bertz CT molecular complexity index is 1260. The molecule has 34 heavy (non-hydrogen) atoms. The van der Waals surface area contributed by atoms with Gasteiger partial charge in [0.15, 0.2) is 0 Å². The first-order valence-corrected chi connectivity index (χ1v) is 12.3. The Morgan fingerprint density at radius 3 is 2.88 bits per heavy atom. The number of ether oxygens (including phenoxy) is 1. The van der Waals surface area contributed by atoms with Crippen LogP contribution < -0.4 is 15.4 Å². The molecule has 0 unspecified atom stereocenters. The maximum Gasteiger partial charge on any atom is 0.256 e. The number of nitrogens with one attached hydrogen (secondary N) is 3. The molecule has 2 aromatic carbocycles. The van der Waals surface area contributed by atoms with Crippen LogP contribution >= 0.6 is 11.8 Å². The minimum atomic E-state index is -0.517. The number of hydrogen-bond acceptors (Lipinski definition) is 5. The van der Waals surface area contributed by atoms with Crippen molar-refractivity contribution in [2.24, 2.45) is 0 Å². The Kier molecular flexibility index (Phi) is 6.19. The van der Waals surface area contributed by atoms with Crippen molar-refractivity contribution in [2.45, 2.75) is 24.3 Å². The Labute approximate surface area is 201 Å². The van der Waals surface area contributed by atoms with Crippen molar-refractivity contribution in [2.75, 3.05) is 26.0 Å². The van der Waals surface area contributed by atoms with Gasteiger partial charge in [0.2, 0.25) is 11.8 Å². The molecule has 3 N–H and O–H groups in total. The van der Waals surface area contributed by atoms with Crippen LogP contribution in [0.4, 0.5) is 0 Å². The van der Waals surface area contributed by atoms with Gasteiger partial charge >= 0.3 is 0 Å². The van der Waals surface area contributed by atoms with Crippen molar-refractivity contribution in [3.8, 4) is 5.75 Å². The average molecular weight is 479 g/mol. The molecule has 9 heteroatoms. The second-order valence-corrected chi connectivity index (χ2v) is 9.48. The van der Waals surface area contributed by atoms with Crippen molar-refractivity contribution in [3.63, 3.8) is 0 Å². The molecule has 0 bridgehead atoms. The topological polar surface area (TPSA) is 104 Å². The van der Waals surface area contributed by atoms with Crippen molar-refractivity contribution in [1.82, 2.24) is 20.5 Å². The van der Waals surface area contributed by atoms with Crippen LogP contribution in [-0.4, -0.2) is 59.6 Å². The summed E-state index contributed by atoms with van der Waals surface area (Å²) < 4.78 is 5.29. The monoisotopic (exact) mass is 478 g/mol. The molecule has 176 valence electrons. The third kappa shape index (κ3) is 4.11. The number of carbonyl (C=O) groups is 3. The Morgan fingerprint density at radius 1 is 1.18 bits per heavy atom. The van der Waals surface area contributed by atoms with Crippen LogP contribution in [0.25, 0.3) is 10.9 Å². The number of thioether (sulfide) groups is 1. The lowest BCUT2D eigenvalue weighted by Gasteiger charge is -2.22. The van der Waals surface area contributed by atoms with Crippen molar-refractivity contribution < 1.29 is 19.1 Å². The summed E-state index contributed by atoms with van der Waals surface area (Å²) in [5.41, 5.74) is 3.77. The van der Waals surface area contributed by atoms with Crippen LogP contribution in [0, 0.1) is 0 Å². The van der Waals surface area contributed by atoms with E-state index in [0.717, 1.165) is 27.8 Å². The van der Waals surface area contributed by atoms with Gasteiger partial charge in [0.05, 0.1) is 7.11 Å². The summed E-state index contributed by atoms with van der Waals surface area (Å²) in [5, 5.41) is 6.71. The second-order valence-electron chi connectivity index (χ2n) is 8.37. The molecule has 3 heterocycles. The summed E-state index contributed by atoms with van der Waals surface area (Å²) in [6.07, 6.45) is 2.82. The molecule has 8 nitrogen and oxygen atoms in total.